The average Bonchev–Trinajstić information content (AvgIpc) is 2.25. The van der Waals surface area contributed by atoms with Gasteiger partial charge in [0.25, 0.3) is 0 Å². The molecule has 0 unspecified atom stereocenters. The second-order valence-electron chi connectivity index (χ2n) is 3.00. The van der Waals surface area contributed by atoms with Crippen molar-refractivity contribution in [3.63, 3.8) is 0 Å². The van der Waals surface area contributed by atoms with Gasteiger partial charge in [0.2, 0.25) is 0 Å². The second-order valence-corrected chi connectivity index (χ2v) is 3.00. The Morgan fingerprint density at radius 3 is 2.80 bits per heavy atom. The van der Waals surface area contributed by atoms with E-state index in [1.54, 1.807) is 18.2 Å². The van der Waals surface area contributed by atoms with Gasteiger partial charge in [-0.1, -0.05) is 13.0 Å². The minimum atomic E-state index is -1.31. The van der Waals surface area contributed by atoms with Crippen molar-refractivity contribution in [3.05, 3.63) is 29.3 Å². The molecule has 0 radical (unpaired) electrons. The van der Waals surface area contributed by atoms with Crippen molar-refractivity contribution < 1.29 is 19.4 Å². The van der Waals surface area contributed by atoms with Crippen molar-refractivity contribution in [3.8, 4) is 5.75 Å². The van der Waals surface area contributed by atoms with Crippen LogP contribution in [0.2, 0.25) is 0 Å². The molecule has 0 heterocycles. The van der Waals surface area contributed by atoms with Crippen molar-refractivity contribution in [2.75, 3.05) is 6.61 Å². The Labute approximate surface area is 87.5 Å². The predicted octanol–water partition coefficient (Wildman–Crippen LogP) is 0.190. The maximum absolute atomic E-state index is 10.6. The van der Waals surface area contributed by atoms with Crippen LogP contribution in [-0.4, -0.2) is 18.9 Å². The molecule has 0 spiro atoms. The van der Waals surface area contributed by atoms with Crippen LogP contribution in [0.5, 0.6) is 5.75 Å². The molecule has 0 aromatic heterocycles. The fourth-order valence-corrected chi connectivity index (χ4v) is 1.16. The number of rotatable bonds is 5. The smallest absolute Gasteiger partial charge is 0.153 e. The van der Waals surface area contributed by atoms with E-state index in [-0.39, 0.29) is 5.75 Å². The summed E-state index contributed by atoms with van der Waals surface area (Å²) in [5.41, 5.74) is 1.32. The highest BCUT2D eigenvalue weighted by Gasteiger charge is 2.03. The monoisotopic (exact) mass is 207 g/mol. The van der Waals surface area contributed by atoms with Gasteiger partial charge in [0.1, 0.15) is 12.4 Å². The number of aldehydes is 1. The van der Waals surface area contributed by atoms with Crippen LogP contribution < -0.4 is 9.84 Å². The summed E-state index contributed by atoms with van der Waals surface area (Å²) in [4.78, 5) is 20.8. The number of hydrogen-bond acceptors (Lipinski definition) is 4. The average molecular weight is 207 g/mol. The zero-order chi connectivity index (χ0) is 11.3. The van der Waals surface area contributed by atoms with Crippen LogP contribution in [0.15, 0.2) is 18.2 Å². The van der Waals surface area contributed by atoms with Gasteiger partial charge in [-0.05, 0) is 24.1 Å². The molecule has 0 fully saturated rings. The minimum absolute atomic E-state index is 0.286. The molecule has 0 aliphatic heterocycles. The maximum Gasteiger partial charge on any atom is 0.153 e. The highest BCUT2D eigenvalue weighted by atomic mass is 16.5. The molecule has 1 aromatic carbocycles. The normalized spacial score (nSPS) is 9.67. The molecule has 0 bridgehead atoms. The summed E-state index contributed by atoms with van der Waals surface area (Å²) in [7, 11) is 0. The van der Waals surface area contributed by atoms with E-state index in [0.717, 1.165) is 12.0 Å². The first kappa shape index (κ1) is 11.2. The van der Waals surface area contributed by atoms with E-state index in [4.69, 9.17) is 4.74 Å². The highest BCUT2D eigenvalue weighted by Crippen LogP contribution is 2.19. The van der Waals surface area contributed by atoms with Crippen LogP contribution in [0.3, 0.4) is 0 Å². The molecular formula is C11H11O4-. The van der Waals surface area contributed by atoms with Gasteiger partial charge < -0.3 is 14.6 Å². The quantitative estimate of drug-likeness (QED) is 0.646. The number of aryl methyl sites for hydroxylation is 1. The zero-order valence-electron chi connectivity index (χ0n) is 8.36. The molecule has 0 aliphatic rings. The molecule has 4 heteroatoms. The van der Waals surface area contributed by atoms with Crippen molar-refractivity contribution in [1.29, 1.82) is 0 Å². The number of aliphatic carboxylic acids is 1. The van der Waals surface area contributed by atoms with E-state index >= 15 is 0 Å². The SMILES string of the molecule is CCc1ccc(C=O)c(OCC(=O)[O-])c1. The Balaban J connectivity index is 2.90. The van der Waals surface area contributed by atoms with Gasteiger partial charge in [-0.25, -0.2) is 0 Å². The molecule has 15 heavy (non-hydrogen) atoms. The van der Waals surface area contributed by atoms with Gasteiger partial charge in [0, 0.05) is 0 Å². The van der Waals surface area contributed by atoms with E-state index in [9.17, 15) is 14.7 Å². The van der Waals surface area contributed by atoms with Crippen LogP contribution in [-0.2, 0) is 11.2 Å². The standard InChI is InChI=1S/C11H12O4/c1-2-8-3-4-9(6-12)10(5-8)15-7-11(13)14/h3-6H,2,7H2,1H3,(H,13,14)/p-1. The largest absolute Gasteiger partial charge is 0.546 e. The molecule has 0 saturated heterocycles. The molecule has 4 nitrogen and oxygen atoms in total. The molecule has 1 aromatic rings. The molecule has 0 amide bonds. The van der Waals surface area contributed by atoms with Crippen LogP contribution in [0, 0.1) is 0 Å². The zero-order valence-corrected chi connectivity index (χ0v) is 8.36. The number of hydrogen-bond donors (Lipinski definition) is 0. The minimum Gasteiger partial charge on any atom is -0.546 e. The lowest BCUT2D eigenvalue weighted by molar-refractivity contribution is -0.307. The molecule has 0 aliphatic carbocycles. The van der Waals surface area contributed by atoms with Gasteiger partial charge in [-0.15, -0.1) is 0 Å². The Kier molecular flexibility index (Phi) is 3.85. The van der Waals surface area contributed by atoms with Crippen molar-refractivity contribution in [2.45, 2.75) is 13.3 Å². The fourth-order valence-electron chi connectivity index (χ4n) is 1.16. The van der Waals surface area contributed by atoms with Gasteiger partial charge in [0.05, 0.1) is 11.5 Å². The van der Waals surface area contributed by atoms with Crippen LogP contribution in [0.25, 0.3) is 0 Å². The van der Waals surface area contributed by atoms with Crippen molar-refractivity contribution >= 4 is 12.3 Å². The number of carbonyl (C=O) groups is 2. The van der Waals surface area contributed by atoms with E-state index < -0.39 is 12.6 Å². The Morgan fingerprint density at radius 2 is 2.27 bits per heavy atom. The number of ether oxygens (including phenoxy) is 1. The lowest BCUT2D eigenvalue weighted by atomic mass is 10.1. The number of benzene rings is 1. The first-order chi connectivity index (χ1) is 7.17. The number of carboxylic acids is 1. The summed E-state index contributed by atoms with van der Waals surface area (Å²) in [6.45, 7) is 1.41. The summed E-state index contributed by atoms with van der Waals surface area (Å²) < 4.78 is 4.94. The maximum atomic E-state index is 10.6. The van der Waals surface area contributed by atoms with Crippen molar-refractivity contribution in [1.82, 2.24) is 0 Å². The summed E-state index contributed by atoms with van der Waals surface area (Å²) in [6.07, 6.45) is 1.42. The van der Waals surface area contributed by atoms with E-state index in [1.807, 2.05) is 6.92 Å². The van der Waals surface area contributed by atoms with Gasteiger partial charge in [-0.2, -0.15) is 0 Å². The number of carboxylic acid groups (broad SMARTS) is 1. The van der Waals surface area contributed by atoms with Gasteiger partial charge >= 0.3 is 0 Å². The summed E-state index contributed by atoms with van der Waals surface area (Å²) in [5, 5.41) is 10.2. The summed E-state index contributed by atoms with van der Waals surface area (Å²) in [6, 6.07) is 5.07. The molecule has 0 N–H and O–H groups in total. The van der Waals surface area contributed by atoms with E-state index in [2.05, 4.69) is 0 Å². The van der Waals surface area contributed by atoms with Crippen molar-refractivity contribution in [2.24, 2.45) is 0 Å². The summed E-state index contributed by atoms with van der Waals surface area (Å²) in [5.74, 6) is -1.03. The van der Waals surface area contributed by atoms with E-state index in [1.165, 1.54) is 0 Å². The van der Waals surface area contributed by atoms with Crippen LogP contribution >= 0.6 is 0 Å². The third-order valence-corrected chi connectivity index (χ3v) is 1.96. The number of carbonyl (C=O) groups excluding carboxylic acids is 2. The Hall–Kier alpha value is -1.84. The highest BCUT2D eigenvalue weighted by molar-refractivity contribution is 5.79. The van der Waals surface area contributed by atoms with Gasteiger partial charge in [0.15, 0.2) is 6.29 Å². The Bertz CT molecular complexity index is 371. The first-order valence-corrected chi connectivity index (χ1v) is 4.58. The molecular weight excluding hydrogens is 196 g/mol. The Morgan fingerprint density at radius 1 is 1.53 bits per heavy atom. The predicted molar refractivity (Wildman–Crippen MR) is 51.7 cm³/mol. The third kappa shape index (κ3) is 3.09. The topological polar surface area (TPSA) is 66.4 Å². The first-order valence-electron chi connectivity index (χ1n) is 4.58. The molecule has 80 valence electrons. The second kappa shape index (κ2) is 5.14. The van der Waals surface area contributed by atoms with Crippen LogP contribution in [0.1, 0.15) is 22.8 Å². The van der Waals surface area contributed by atoms with Crippen LogP contribution in [0.4, 0.5) is 0 Å². The lowest BCUT2D eigenvalue weighted by Gasteiger charge is -2.10. The fraction of sp³-hybridized carbons (Fsp3) is 0.273. The molecule has 0 saturated carbocycles. The lowest BCUT2D eigenvalue weighted by Crippen LogP contribution is -2.29. The third-order valence-electron chi connectivity index (χ3n) is 1.96. The molecule has 0 atom stereocenters. The molecule has 1 rings (SSSR count). The summed E-state index contributed by atoms with van der Waals surface area (Å²) >= 11 is 0. The van der Waals surface area contributed by atoms with Gasteiger partial charge in [-0.3, -0.25) is 4.79 Å². The van der Waals surface area contributed by atoms with E-state index in [0.29, 0.717) is 11.8 Å².